The molecule has 0 saturated heterocycles. The smallest absolute Gasteiger partial charge is 0.399 e. The monoisotopic (exact) mass is 254 g/mol. The van der Waals surface area contributed by atoms with Gasteiger partial charge in [-0.1, -0.05) is 30.4 Å². The van der Waals surface area contributed by atoms with E-state index in [1.807, 2.05) is 0 Å². The van der Waals surface area contributed by atoms with Crippen LogP contribution in [-0.2, 0) is 0 Å². The molecule has 5 heteroatoms. The van der Waals surface area contributed by atoms with Crippen LogP contribution in [0.15, 0.2) is 42.5 Å². The molecule has 0 amide bonds. The highest BCUT2D eigenvalue weighted by molar-refractivity contribution is 5.78. The second-order valence-corrected chi connectivity index (χ2v) is 4.31. The van der Waals surface area contributed by atoms with E-state index in [0.29, 0.717) is 11.3 Å². The fourth-order valence-corrected chi connectivity index (χ4v) is 2.01. The van der Waals surface area contributed by atoms with Crippen LogP contribution in [0.4, 0.5) is 18.9 Å². The van der Waals surface area contributed by atoms with Crippen LogP contribution < -0.4 is 11.5 Å². The van der Waals surface area contributed by atoms with Gasteiger partial charge in [-0.3, -0.25) is 0 Å². The number of hydrogen-bond donors (Lipinski definition) is 2. The Balaban J connectivity index is 2.53. The standard InChI is InChI=1S/C13H13F3N2/c14-13(15,16)12(18)7-2-1-6-11(12)9-4-3-5-10(17)8-9/h1-6,8H,7,17-18H2. The molecular formula is C13H13F3N2. The first-order valence-corrected chi connectivity index (χ1v) is 5.43. The molecular weight excluding hydrogens is 241 g/mol. The van der Waals surface area contributed by atoms with Crippen LogP contribution >= 0.6 is 0 Å². The number of allylic oxidation sites excluding steroid dienone is 2. The molecule has 0 saturated carbocycles. The van der Waals surface area contributed by atoms with Gasteiger partial charge in [0.05, 0.1) is 0 Å². The minimum Gasteiger partial charge on any atom is -0.399 e. The van der Waals surface area contributed by atoms with E-state index in [2.05, 4.69) is 0 Å². The summed E-state index contributed by atoms with van der Waals surface area (Å²) in [4.78, 5) is 0. The molecule has 2 rings (SSSR count). The molecule has 1 aliphatic carbocycles. The third-order valence-corrected chi connectivity index (χ3v) is 3.02. The number of alkyl halides is 3. The lowest BCUT2D eigenvalue weighted by molar-refractivity contribution is -0.167. The van der Waals surface area contributed by atoms with Crippen molar-refractivity contribution in [3.05, 3.63) is 48.1 Å². The first-order valence-electron chi connectivity index (χ1n) is 5.43. The Labute approximate surface area is 103 Å². The Hall–Kier alpha value is -1.75. The molecule has 18 heavy (non-hydrogen) atoms. The molecule has 4 N–H and O–H groups in total. The summed E-state index contributed by atoms with van der Waals surface area (Å²) < 4.78 is 39.4. The number of halogens is 3. The lowest BCUT2D eigenvalue weighted by Crippen LogP contribution is -2.54. The fraction of sp³-hybridized carbons (Fsp3) is 0.231. The largest absolute Gasteiger partial charge is 0.410 e. The van der Waals surface area contributed by atoms with Crippen LogP contribution in [0.1, 0.15) is 12.0 Å². The lowest BCUT2D eigenvalue weighted by Gasteiger charge is -2.35. The lowest BCUT2D eigenvalue weighted by atomic mass is 9.79. The second kappa shape index (κ2) is 4.17. The summed E-state index contributed by atoms with van der Waals surface area (Å²) in [5, 5.41) is 0. The quantitative estimate of drug-likeness (QED) is 0.757. The maximum absolute atomic E-state index is 13.1. The molecule has 1 aliphatic rings. The van der Waals surface area contributed by atoms with E-state index in [0.717, 1.165) is 0 Å². The molecule has 96 valence electrons. The van der Waals surface area contributed by atoms with Crippen LogP contribution in [0.25, 0.3) is 5.57 Å². The number of nitrogen functional groups attached to an aromatic ring is 1. The Kier molecular flexibility index (Phi) is 2.94. The van der Waals surface area contributed by atoms with Gasteiger partial charge in [0.2, 0.25) is 0 Å². The van der Waals surface area contributed by atoms with E-state index in [1.54, 1.807) is 24.3 Å². The van der Waals surface area contributed by atoms with Gasteiger partial charge in [0.25, 0.3) is 0 Å². The average Bonchev–Trinajstić information content (AvgIpc) is 2.28. The van der Waals surface area contributed by atoms with Gasteiger partial charge in [-0.05, 0) is 29.7 Å². The van der Waals surface area contributed by atoms with Crippen molar-refractivity contribution < 1.29 is 13.2 Å². The third-order valence-electron chi connectivity index (χ3n) is 3.02. The highest BCUT2D eigenvalue weighted by atomic mass is 19.4. The minimum atomic E-state index is -4.51. The van der Waals surface area contributed by atoms with Crippen molar-refractivity contribution in [1.82, 2.24) is 0 Å². The van der Waals surface area contributed by atoms with Crippen molar-refractivity contribution in [3.63, 3.8) is 0 Å². The van der Waals surface area contributed by atoms with Gasteiger partial charge in [0.1, 0.15) is 5.54 Å². The Bertz CT molecular complexity index is 517. The van der Waals surface area contributed by atoms with Crippen molar-refractivity contribution in [2.45, 2.75) is 18.1 Å². The van der Waals surface area contributed by atoms with Gasteiger partial charge in [-0.25, -0.2) is 0 Å². The van der Waals surface area contributed by atoms with E-state index >= 15 is 0 Å². The van der Waals surface area contributed by atoms with Crippen LogP contribution in [0.5, 0.6) is 0 Å². The van der Waals surface area contributed by atoms with Crippen molar-refractivity contribution in [2.75, 3.05) is 5.73 Å². The van der Waals surface area contributed by atoms with E-state index in [-0.39, 0.29) is 12.0 Å². The maximum Gasteiger partial charge on any atom is 0.410 e. The summed E-state index contributed by atoms with van der Waals surface area (Å²) in [6.07, 6.45) is -0.379. The summed E-state index contributed by atoms with van der Waals surface area (Å²) in [6.45, 7) is 0. The molecule has 1 unspecified atom stereocenters. The van der Waals surface area contributed by atoms with Crippen molar-refractivity contribution >= 4 is 11.3 Å². The summed E-state index contributed by atoms with van der Waals surface area (Å²) in [5.41, 5.74) is 9.68. The second-order valence-electron chi connectivity index (χ2n) is 4.31. The summed E-state index contributed by atoms with van der Waals surface area (Å²) in [6, 6.07) is 6.31. The maximum atomic E-state index is 13.1. The van der Waals surface area contributed by atoms with E-state index in [4.69, 9.17) is 11.5 Å². The molecule has 1 atom stereocenters. The molecule has 0 spiro atoms. The number of benzene rings is 1. The predicted molar refractivity (Wildman–Crippen MR) is 65.6 cm³/mol. The van der Waals surface area contributed by atoms with Crippen molar-refractivity contribution in [3.8, 4) is 0 Å². The molecule has 0 aliphatic heterocycles. The molecule has 0 radical (unpaired) electrons. The van der Waals surface area contributed by atoms with Gasteiger partial charge >= 0.3 is 6.18 Å². The summed E-state index contributed by atoms with van der Waals surface area (Å²) >= 11 is 0. The SMILES string of the molecule is Nc1cccc(C2=CC=CCC2(N)C(F)(F)F)c1. The number of anilines is 1. The number of rotatable bonds is 1. The molecule has 0 fully saturated rings. The van der Waals surface area contributed by atoms with Gasteiger partial charge in [0, 0.05) is 5.69 Å². The molecule has 1 aromatic rings. The first-order chi connectivity index (χ1) is 8.34. The van der Waals surface area contributed by atoms with Crippen molar-refractivity contribution in [1.29, 1.82) is 0 Å². The number of hydrogen-bond acceptors (Lipinski definition) is 2. The zero-order chi connectivity index (χ0) is 13.4. The third kappa shape index (κ3) is 2.01. The van der Waals surface area contributed by atoms with Crippen molar-refractivity contribution in [2.24, 2.45) is 5.73 Å². The number of nitrogens with two attached hydrogens (primary N) is 2. The van der Waals surface area contributed by atoms with Gasteiger partial charge < -0.3 is 11.5 Å². The van der Waals surface area contributed by atoms with Gasteiger partial charge in [0.15, 0.2) is 0 Å². The predicted octanol–water partition coefficient (Wildman–Crippen LogP) is 2.87. The molecule has 0 aromatic heterocycles. The Morgan fingerprint density at radius 3 is 2.56 bits per heavy atom. The summed E-state index contributed by atoms with van der Waals surface area (Å²) in [5.74, 6) is 0. The van der Waals surface area contributed by atoms with Crippen LogP contribution in [0.2, 0.25) is 0 Å². The Morgan fingerprint density at radius 2 is 1.94 bits per heavy atom. The van der Waals surface area contributed by atoms with Crippen LogP contribution in [-0.4, -0.2) is 11.7 Å². The van der Waals surface area contributed by atoms with E-state index < -0.39 is 11.7 Å². The summed E-state index contributed by atoms with van der Waals surface area (Å²) in [7, 11) is 0. The highest BCUT2D eigenvalue weighted by Crippen LogP contribution is 2.43. The fourth-order valence-electron chi connectivity index (χ4n) is 2.01. The Morgan fingerprint density at radius 1 is 1.22 bits per heavy atom. The van der Waals surface area contributed by atoms with E-state index in [1.165, 1.54) is 18.2 Å². The highest BCUT2D eigenvalue weighted by Gasteiger charge is 2.54. The van der Waals surface area contributed by atoms with E-state index in [9.17, 15) is 13.2 Å². The molecule has 2 nitrogen and oxygen atoms in total. The first kappa shape index (κ1) is 12.7. The normalized spacial score (nSPS) is 23.9. The topological polar surface area (TPSA) is 52.0 Å². The van der Waals surface area contributed by atoms with Gasteiger partial charge in [-0.15, -0.1) is 0 Å². The average molecular weight is 254 g/mol. The van der Waals surface area contributed by atoms with Crippen LogP contribution in [0.3, 0.4) is 0 Å². The van der Waals surface area contributed by atoms with Crippen LogP contribution in [0, 0.1) is 0 Å². The molecule has 0 heterocycles. The minimum absolute atomic E-state index is 0.0461. The molecule has 0 bridgehead atoms. The zero-order valence-corrected chi connectivity index (χ0v) is 9.54. The zero-order valence-electron chi connectivity index (χ0n) is 9.54. The molecule has 1 aromatic carbocycles. The van der Waals surface area contributed by atoms with Gasteiger partial charge in [-0.2, -0.15) is 13.2 Å².